The molecular weight excluding hydrogens is 260 g/mol. The van der Waals surface area contributed by atoms with Crippen molar-refractivity contribution in [3.63, 3.8) is 0 Å². The van der Waals surface area contributed by atoms with Gasteiger partial charge in [0.15, 0.2) is 0 Å². The number of ether oxygens (including phenoxy) is 1. The molecule has 2 heterocycles. The molecule has 100 valence electrons. The van der Waals surface area contributed by atoms with Crippen molar-refractivity contribution in [3.05, 3.63) is 48.3 Å². The number of hydrogen-bond donors (Lipinski definition) is 0. The molecule has 1 aromatic heterocycles. The van der Waals surface area contributed by atoms with Crippen LogP contribution in [0.3, 0.4) is 0 Å². The fourth-order valence-electron chi connectivity index (χ4n) is 2.42. The second-order valence-electron chi connectivity index (χ2n) is 4.89. The van der Waals surface area contributed by atoms with Gasteiger partial charge in [-0.1, -0.05) is 18.2 Å². The lowest BCUT2D eigenvalue weighted by Gasteiger charge is -2.12. The van der Waals surface area contributed by atoms with Gasteiger partial charge in [-0.15, -0.1) is 11.6 Å². The van der Waals surface area contributed by atoms with Gasteiger partial charge in [-0.25, -0.2) is 4.68 Å². The maximum atomic E-state index is 6.45. The van der Waals surface area contributed by atoms with Gasteiger partial charge >= 0.3 is 0 Å². The molecule has 2 aromatic rings. The zero-order valence-electron chi connectivity index (χ0n) is 10.7. The molecule has 0 saturated carbocycles. The van der Waals surface area contributed by atoms with Crippen LogP contribution in [-0.2, 0) is 4.74 Å². The van der Waals surface area contributed by atoms with E-state index in [1.54, 1.807) is 0 Å². The fourth-order valence-corrected chi connectivity index (χ4v) is 2.73. The average molecular weight is 277 g/mol. The third kappa shape index (κ3) is 2.99. The number of rotatable bonds is 4. The van der Waals surface area contributed by atoms with E-state index in [1.807, 2.05) is 47.4 Å². The molecule has 0 spiro atoms. The number of hydrogen-bond acceptors (Lipinski definition) is 2. The van der Waals surface area contributed by atoms with Crippen LogP contribution in [0.2, 0.25) is 0 Å². The number of aromatic nitrogens is 2. The molecule has 1 saturated heterocycles. The summed E-state index contributed by atoms with van der Waals surface area (Å²) in [5.41, 5.74) is 2.11. The Balaban J connectivity index is 1.70. The van der Waals surface area contributed by atoms with E-state index in [-0.39, 0.29) is 5.38 Å². The normalized spacial score (nSPS) is 20.6. The minimum Gasteiger partial charge on any atom is -0.378 e. The van der Waals surface area contributed by atoms with Crippen molar-refractivity contribution in [2.75, 3.05) is 6.61 Å². The van der Waals surface area contributed by atoms with Crippen LogP contribution in [-0.4, -0.2) is 22.5 Å². The smallest absolute Gasteiger partial charge is 0.0645 e. The van der Waals surface area contributed by atoms with Crippen molar-refractivity contribution in [3.8, 4) is 5.69 Å². The van der Waals surface area contributed by atoms with Gasteiger partial charge in [0.1, 0.15) is 0 Å². The van der Waals surface area contributed by atoms with E-state index in [0.717, 1.165) is 37.1 Å². The highest BCUT2D eigenvalue weighted by molar-refractivity contribution is 6.20. The topological polar surface area (TPSA) is 27.1 Å². The summed E-state index contributed by atoms with van der Waals surface area (Å²) >= 11 is 6.45. The molecule has 3 rings (SSSR count). The zero-order valence-corrected chi connectivity index (χ0v) is 11.5. The van der Waals surface area contributed by atoms with Gasteiger partial charge in [-0.05, 0) is 31.4 Å². The maximum Gasteiger partial charge on any atom is 0.0645 e. The Hall–Kier alpha value is -1.32. The minimum atomic E-state index is -0.0273. The van der Waals surface area contributed by atoms with E-state index in [9.17, 15) is 0 Å². The largest absolute Gasteiger partial charge is 0.378 e. The quantitative estimate of drug-likeness (QED) is 0.796. The molecule has 2 atom stereocenters. The summed E-state index contributed by atoms with van der Waals surface area (Å²) in [5.74, 6) is 0. The van der Waals surface area contributed by atoms with E-state index in [0.29, 0.717) is 6.10 Å². The molecule has 1 fully saturated rings. The first-order valence-corrected chi connectivity index (χ1v) is 7.12. The van der Waals surface area contributed by atoms with Crippen LogP contribution < -0.4 is 0 Å². The van der Waals surface area contributed by atoms with E-state index in [1.165, 1.54) is 0 Å². The molecule has 3 nitrogen and oxygen atoms in total. The Morgan fingerprint density at radius 1 is 1.37 bits per heavy atom. The summed E-state index contributed by atoms with van der Waals surface area (Å²) in [6.45, 7) is 0.873. The Morgan fingerprint density at radius 2 is 2.21 bits per heavy atom. The summed E-state index contributed by atoms with van der Waals surface area (Å²) in [5, 5.41) is 4.35. The van der Waals surface area contributed by atoms with E-state index < -0.39 is 0 Å². The number of halogens is 1. The molecule has 0 amide bonds. The lowest BCUT2D eigenvalue weighted by atomic mass is 10.1. The first-order valence-electron chi connectivity index (χ1n) is 6.68. The molecule has 4 heteroatoms. The Kier molecular flexibility index (Phi) is 3.85. The molecule has 0 N–H and O–H groups in total. The van der Waals surface area contributed by atoms with Crippen molar-refractivity contribution < 1.29 is 4.74 Å². The summed E-state index contributed by atoms with van der Waals surface area (Å²) in [6, 6.07) is 10.1. The third-order valence-electron chi connectivity index (χ3n) is 3.48. The maximum absolute atomic E-state index is 6.45. The highest BCUT2D eigenvalue weighted by Crippen LogP contribution is 2.30. The van der Waals surface area contributed by atoms with Gasteiger partial charge < -0.3 is 4.74 Å². The van der Waals surface area contributed by atoms with E-state index in [2.05, 4.69) is 5.10 Å². The lowest BCUT2D eigenvalue weighted by Crippen LogP contribution is -2.07. The van der Waals surface area contributed by atoms with Crippen LogP contribution in [0.4, 0.5) is 0 Å². The van der Waals surface area contributed by atoms with Crippen LogP contribution >= 0.6 is 11.6 Å². The van der Waals surface area contributed by atoms with Crippen LogP contribution in [0.1, 0.15) is 30.2 Å². The average Bonchev–Trinajstić information content (AvgIpc) is 3.10. The summed E-state index contributed by atoms with van der Waals surface area (Å²) in [7, 11) is 0. The predicted octanol–water partition coefficient (Wildman–Crippen LogP) is 3.72. The molecule has 0 bridgehead atoms. The van der Waals surface area contributed by atoms with Crippen LogP contribution in [0.5, 0.6) is 0 Å². The van der Waals surface area contributed by atoms with Gasteiger partial charge in [-0.3, -0.25) is 0 Å². The Labute approximate surface area is 118 Å². The van der Waals surface area contributed by atoms with Gasteiger partial charge in [0.25, 0.3) is 0 Å². The first-order chi connectivity index (χ1) is 9.33. The molecule has 0 radical (unpaired) electrons. The molecular formula is C15H17ClN2O. The highest BCUT2D eigenvalue weighted by atomic mass is 35.5. The van der Waals surface area contributed by atoms with Gasteiger partial charge in [-0.2, -0.15) is 5.10 Å². The van der Waals surface area contributed by atoms with E-state index >= 15 is 0 Å². The third-order valence-corrected chi connectivity index (χ3v) is 3.91. The number of para-hydroxylation sites is 1. The minimum absolute atomic E-state index is 0.0273. The van der Waals surface area contributed by atoms with Crippen LogP contribution in [0.15, 0.2) is 42.7 Å². The number of alkyl halides is 1. The lowest BCUT2D eigenvalue weighted by molar-refractivity contribution is 0.103. The number of benzene rings is 1. The second-order valence-corrected chi connectivity index (χ2v) is 5.42. The molecule has 1 aliphatic heterocycles. The first kappa shape index (κ1) is 12.7. The fraction of sp³-hybridized carbons (Fsp3) is 0.400. The standard InChI is InChI=1S/C15H17ClN2O/c16-15(9-14-7-4-8-19-14)12-10-17-18(11-12)13-5-2-1-3-6-13/h1-3,5-6,10-11,14-15H,4,7-9H2. The highest BCUT2D eigenvalue weighted by Gasteiger charge is 2.21. The SMILES string of the molecule is ClC(CC1CCCO1)c1cnn(-c2ccccc2)c1. The predicted molar refractivity (Wildman–Crippen MR) is 75.7 cm³/mol. The van der Waals surface area contributed by atoms with Crippen molar-refractivity contribution in [2.45, 2.75) is 30.7 Å². The Morgan fingerprint density at radius 3 is 2.95 bits per heavy atom. The Bertz CT molecular complexity index is 520. The second kappa shape index (κ2) is 5.76. The molecule has 0 aliphatic carbocycles. The van der Waals surface area contributed by atoms with Crippen molar-refractivity contribution in [1.29, 1.82) is 0 Å². The van der Waals surface area contributed by atoms with Crippen LogP contribution in [0, 0.1) is 0 Å². The molecule has 1 aromatic carbocycles. The van der Waals surface area contributed by atoms with Gasteiger partial charge in [0, 0.05) is 18.4 Å². The van der Waals surface area contributed by atoms with Crippen LogP contribution in [0.25, 0.3) is 5.69 Å². The van der Waals surface area contributed by atoms with Crippen molar-refractivity contribution in [1.82, 2.24) is 9.78 Å². The summed E-state index contributed by atoms with van der Waals surface area (Å²) in [6.07, 6.45) is 7.29. The summed E-state index contributed by atoms with van der Waals surface area (Å²) in [4.78, 5) is 0. The van der Waals surface area contributed by atoms with Gasteiger partial charge in [0.05, 0.1) is 23.4 Å². The van der Waals surface area contributed by atoms with Crippen molar-refractivity contribution >= 4 is 11.6 Å². The zero-order chi connectivity index (χ0) is 13.1. The van der Waals surface area contributed by atoms with E-state index in [4.69, 9.17) is 16.3 Å². The monoisotopic (exact) mass is 276 g/mol. The molecule has 2 unspecified atom stereocenters. The van der Waals surface area contributed by atoms with Crippen molar-refractivity contribution in [2.24, 2.45) is 0 Å². The summed E-state index contributed by atoms with van der Waals surface area (Å²) < 4.78 is 7.49. The number of nitrogens with zero attached hydrogens (tertiary/aromatic N) is 2. The molecule has 19 heavy (non-hydrogen) atoms. The molecule has 1 aliphatic rings. The van der Waals surface area contributed by atoms with Gasteiger partial charge in [0.2, 0.25) is 0 Å².